The number of halogens is 2. The average molecular weight is 430 g/mol. The third-order valence-electron chi connectivity index (χ3n) is 4.76. The fourth-order valence-electron chi connectivity index (χ4n) is 3.16. The van der Waals surface area contributed by atoms with Crippen molar-refractivity contribution in [1.82, 2.24) is 10.2 Å². The van der Waals surface area contributed by atoms with Crippen LogP contribution in [0.1, 0.15) is 34.7 Å². The smallest absolute Gasteiger partial charge is 0.241 e. The maximum Gasteiger partial charge on any atom is 0.241 e. The minimum absolute atomic E-state index is 0. The Balaban J connectivity index is 0.00000196. The molecule has 1 aromatic carbocycles. The van der Waals surface area contributed by atoms with Crippen LogP contribution in [-0.2, 0) is 9.53 Å². The quantitative estimate of drug-likeness (QED) is 0.737. The highest BCUT2D eigenvalue weighted by atomic mass is 35.5. The van der Waals surface area contributed by atoms with Gasteiger partial charge >= 0.3 is 0 Å². The molecule has 1 aromatic heterocycles. The van der Waals surface area contributed by atoms with E-state index in [4.69, 9.17) is 14.9 Å². The molecule has 1 fully saturated rings. The number of furan rings is 1. The van der Waals surface area contributed by atoms with Gasteiger partial charge in [-0.15, -0.1) is 24.8 Å². The molecule has 3 rings (SSSR count). The van der Waals surface area contributed by atoms with Crippen LogP contribution in [0.5, 0.6) is 0 Å². The van der Waals surface area contributed by atoms with E-state index in [9.17, 15) is 4.79 Å². The Hall–Kier alpha value is -1.57. The molecule has 0 bridgehead atoms. The van der Waals surface area contributed by atoms with Crippen LogP contribution in [-0.4, -0.2) is 43.7 Å². The number of aryl methyl sites for hydroxylation is 2. The van der Waals surface area contributed by atoms with Crippen molar-refractivity contribution >= 4 is 30.7 Å². The molecular formula is C20H29Cl2N3O3. The van der Waals surface area contributed by atoms with Crippen molar-refractivity contribution in [3.63, 3.8) is 0 Å². The van der Waals surface area contributed by atoms with Crippen molar-refractivity contribution in [2.75, 3.05) is 32.8 Å². The van der Waals surface area contributed by atoms with Gasteiger partial charge in [-0.2, -0.15) is 0 Å². The van der Waals surface area contributed by atoms with E-state index in [-0.39, 0.29) is 36.8 Å². The number of carbonyl (C=O) groups excluding carboxylic acids is 1. The van der Waals surface area contributed by atoms with Crippen LogP contribution in [0.4, 0.5) is 0 Å². The Morgan fingerprint density at radius 3 is 2.32 bits per heavy atom. The molecule has 3 N–H and O–H groups in total. The van der Waals surface area contributed by atoms with E-state index in [1.807, 2.05) is 50.2 Å². The Kier molecular flexibility index (Phi) is 9.99. The van der Waals surface area contributed by atoms with E-state index < -0.39 is 6.04 Å². The normalized spacial score (nSPS) is 16.4. The van der Waals surface area contributed by atoms with Crippen LogP contribution in [0, 0.1) is 13.8 Å². The van der Waals surface area contributed by atoms with Gasteiger partial charge in [0.2, 0.25) is 5.91 Å². The second-order valence-corrected chi connectivity index (χ2v) is 6.75. The van der Waals surface area contributed by atoms with Crippen LogP contribution < -0.4 is 11.1 Å². The second-order valence-electron chi connectivity index (χ2n) is 6.75. The van der Waals surface area contributed by atoms with E-state index in [2.05, 4.69) is 10.2 Å². The summed E-state index contributed by atoms with van der Waals surface area (Å²) in [5.74, 6) is 1.53. The fourth-order valence-corrected chi connectivity index (χ4v) is 3.16. The summed E-state index contributed by atoms with van der Waals surface area (Å²) in [7, 11) is 0. The Bertz CT molecular complexity index is 731. The highest BCUT2D eigenvalue weighted by molar-refractivity contribution is 5.85. The maximum absolute atomic E-state index is 12.5. The molecule has 8 heteroatoms. The first-order valence-corrected chi connectivity index (χ1v) is 9.02. The zero-order chi connectivity index (χ0) is 18.5. The van der Waals surface area contributed by atoms with Crippen molar-refractivity contribution in [2.45, 2.75) is 25.9 Å². The van der Waals surface area contributed by atoms with Crippen molar-refractivity contribution < 1.29 is 13.9 Å². The van der Waals surface area contributed by atoms with Crippen molar-refractivity contribution in [3.8, 4) is 0 Å². The number of nitrogens with zero attached hydrogens (tertiary/aromatic N) is 1. The molecule has 28 heavy (non-hydrogen) atoms. The first-order valence-electron chi connectivity index (χ1n) is 9.02. The first kappa shape index (κ1) is 24.5. The third kappa shape index (κ3) is 6.22. The van der Waals surface area contributed by atoms with Crippen LogP contribution in [0.25, 0.3) is 0 Å². The molecule has 2 aromatic rings. The highest BCUT2D eigenvalue weighted by Crippen LogP contribution is 2.23. The topological polar surface area (TPSA) is 80.7 Å². The van der Waals surface area contributed by atoms with Crippen molar-refractivity contribution in [3.05, 3.63) is 59.0 Å². The largest absolute Gasteiger partial charge is 0.465 e. The van der Waals surface area contributed by atoms with Crippen LogP contribution in [0.15, 0.2) is 40.8 Å². The van der Waals surface area contributed by atoms with Crippen LogP contribution in [0.2, 0.25) is 0 Å². The molecule has 2 heterocycles. The second kappa shape index (κ2) is 11.4. The zero-order valence-corrected chi connectivity index (χ0v) is 17.9. The van der Waals surface area contributed by atoms with E-state index in [0.717, 1.165) is 35.7 Å². The highest BCUT2D eigenvalue weighted by Gasteiger charge is 2.26. The summed E-state index contributed by atoms with van der Waals surface area (Å²) < 4.78 is 11.3. The van der Waals surface area contributed by atoms with Gasteiger partial charge in [-0.1, -0.05) is 29.8 Å². The van der Waals surface area contributed by atoms with Gasteiger partial charge in [0.1, 0.15) is 17.6 Å². The molecule has 0 aliphatic carbocycles. The Morgan fingerprint density at radius 1 is 1.11 bits per heavy atom. The molecule has 2 unspecified atom stereocenters. The summed E-state index contributed by atoms with van der Waals surface area (Å²) in [5, 5.41) is 2.99. The molecule has 2 atom stereocenters. The summed E-state index contributed by atoms with van der Waals surface area (Å²) >= 11 is 0. The number of hydrogen-bond donors (Lipinski definition) is 2. The molecule has 6 nitrogen and oxygen atoms in total. The summed E-state index contributed by atoms with van der Waals surface area (Å²) in [6.07, 6.45) is 0. The lowest BCUT2D eigenvalue weighted by Crippen LogP contribution is -2.45. The molecule has 1 amide bonds. The Labute approximate surface area is 178 Å². The van der Waals surface area contributed by atoms with E-state index in [1.54, 1.807) is 0 Å². The summed E-state index contributed by atoms with van der Waals surface area (Å²) in [6, 6.07) is 10.9. The molecule has 0 saturated carbocycles. The number of ether oxygens (including phenoxy) is 1. The van der Waals surface area contributed by atoms with Crippen molar-refractivity contribution in [1.29, 1.82) is 0 Å². The zero-order valence-electron chi connectivity index (χ0n) is 16.2. The van der Waals surface area contributed by atoms with Crippen LogP contribution in [0.3, 0.4) is 0 Å². The first-order chi connectivity index (χ1) is 12.5. The molecular weight excluding hydrogens is 401 g/mol. The lowest BCUT2D eigenvalue weighted by atomic mass is 10.1. The number of carbonyl (C=O) groups is 1. The van der Waals surface area contributed by atoms with Gasteiger partial charge in [0.25, 0.3) is 0 Å². The molecule has 1 aliphatic heterocycles. The minimum Gasteiger partial charge on any atom is -0.465 e. The van der Waals surface area contributed by atoms with E-state index in [0.29, 0.717) is 19.8 Å². The maximum atomic E-state index is 12.5. The SMILES string of the molecule is Cc1ccc(C(N)C(=O)NCC(c2ccc(C)o2)N2CCOCC2)cc1.Cl.Cl. The molecule has 0 spiro atoms. The predicted octanol–water partition coefficient (Wildman–Crippen LogP) is 2.93. The molecule has 1 saturated heterocycles. The van der Waals surface area contributed by atoms with Gasteiger partial charge in [0.05, 0.1) is 19.3 Å². The lowest BCUT2D eigenvalue weighted by molar-refractivity contribution is -0.122. The number of benzene rings is 1. The predicted molar refractivity (Wildman–Crippen MR) is 114 cm³/mol. The number of morpholine rings is 1. The van der Waals surface area contributed by atoms with E-state index >= 15 is 0 Å². The van der Waals surface area contributed by atoms with Gasteiger partial charge in [0, 0.05) is 19.6 Å². The Morgan fingerprint density at radius 2 is 1.75 bits per heavy atom. The van der Waals surface area contributed by atoms with Crippen LogP contribution >= 0.6 is 24.8 Å². The standard InChI is InChI=1S/C20H27N3O3.2ClH/c1-14-3-6-16(7-4-14)19(21)20(24)22-13-17(18-8-5-15(2)26-18)23-9-11-25-12-10-23;;/h3-8,17,19H,9-13,21H2,1-2H3,(H,22,24);2*1H. The minimum atomic E-state index is -0.681. The number of amides is 1. The molecule has 0 radical (unpaired) electrons. The van der Waals surface area contributed by atoms with Gasteiger partial charge in [0.15, 0.2) is 0 Å². The average Bonchev–Trinajstić information content (AvgIpc) is 3.09. The number of nitrogens with one attached hydrogen (secondary N) is 1. The molecule has 156 valence electrons. The summed E-state index contributed by atoms with van der Waals surface area (Å²) in [6.45, 7) is 7.37. The van der Waals surface area contributed by atoms with Gasteiger partial charge in [-0.25, -0.2) is 0 Å². The third-order valence-corrected chi connectivity index (χ3v) is 4.76. The number of rotatable bonds is 6. The fraction of sp³-hybridized carbons (Fsp3) is 0.450. The molecule has 1 aliphatic rings. The van der Waals surface area contributed by atoms with Gasteiger partial charge < -0.3 is 20.2 Å². The number of nitrogens with two attached hydrogens (primary N) is 1. The monoisotopic (exact) mass is 429 g/mol. The van der Waals surface area contributed by atoms with Gasteiger partial charge in [-0.3, -0.25) is 9.69 Å². The van der Waals surface area contributed by atoms with Crippen molar-refractivity contribution in [2.24, 2.45) is 5.73 Å². The summed E-state index contributed by atoms with van der Waals surface area (Å²) in [5.41, 5.74) is 8.08. The van der Waals surface area contributed by atoms with E-state index in [1.165, 1.54) is 0 Å². The van der Waals surface area contributed by atoms with Gasteiger partial charge in [-0.05, 0) is 31.5 Å². The number of hydrogen-bond acceptors (Lipinski definition) is 5. The summed E-state index contributed by atoms with van der Waals surface area (Å²) in [4.78, 5) is 14.8. The lowest BCUT2D eigenvalue weighted by Gasteiger charge is -2.33.